The number of hydrogen-bond acceptors (Lipinski definition) is 1. The van der Waals surface area contributed by atoms with E-state index in [0.29, 0.717) is 12.2 Å². The van der Waals surface area contributed by atoms with Crippen LogP contribution in [0.3, 0.4) is 0 Å². The zero-order valence-corrected chi connectivity index (χ0v) is 9.77. The Morgan fingerprint density at radius 2 is 1.69 bits per heavy atom. The topological polar surface area (TPSA) is 9.23 Å². The summed E-state index contributed by atoms with van der Waals surface area (Å²) < 4.78 is 6.28. The predicted octanol–water partition coefficient (Wildman–Crippen LogP) is 4.10. The molecule has 0 bridgehead atoms. The third-order valence-corrected chi connectivity index (χ3v) is 4.15. The van der Waals surface area contributed by atoms with Crippen LogP contribution < -0.4 is 0 Å². The van der Waals surface area contributed by atoms with Crippen molar-refractivity contribution in [3.8, 4) is 0 Å². The first kappa shape index (κ1) is 10.3. The molecular weight excluding hydrogens is 196 g/mol. The summed E-state index contributed by atoms with van der Waals surface area (Å²) in [5.41, 5.74) is 1.37. The lowest BCUT2D eigenvalue weighted by Gasteiger charge is -2.39. The van der Waals surface area contributed by atoms with Crippen molar-refractivity contribution in [1.82, 2.24) is 0 Å². The van der Waals surface area contributed by atoms with Crippen molar-refractivity contribution in [2.45, 2.75) is 50.7 Å². The Morgan fingerprint density at radius 3 is 2.56 bits per heavy atom. The molecule has 16 heavy (non-hydrogen) atoms. The monoisotopic (exact) mass is 216 g/mol. The van der Waals surface area contributed by atoms with Crippen LogP contribution in [0.1, 0.15) is 50.2 Å². The average molecular weight is 216 g/mol. The first-order valence-corrected chi connectivity index (χ1v) is 6.64. The van der Waals surface area contributed by atoms with Crippen LogP contribution in [0.25, 0.3) is 0 Å². The maximum atomic E-state index is 6.28. The number of ether oxygens (including phenoxy) is 1. The molecular formula is C15H20O. The Hall–Kier alpha value is -0.820. The van der Waals surface area contributed by atoms with E-state index in [1.807, 2.05) is 0 Å². The Balaban J connectivity index is 1.71. The molecule has 1 aromatic carbocycles. The Kier molecular flexibility index (Phi) is 2.96. The highest BCUT2D eigenvalue weighted by molar-refractivity contribution is 5.18. The van der Waals surface area contributed by atoms with Gasteiger partial charge in [0.05, 0.1) is 12.2 Å². The SMILES string of the molecule is c1ccc(C2CCC3CCCCC3O2)cc1. The maximum Gasteiger partial charge on any atom is 0.0829 e. The maximum absolute atomic E-state index is 6.28. The van der Waals surface area contributed by atoms with E-state index in [9.17, 15) is 0 Å². The lowest BCUT2D eigenvalue weighted by atomic mass is 9.80. The lowest BCUT2D eigenvalue weighted by molar-refractivity contribution is -0.101. The highest BCUT2D eigenvalue weighted by atomic mass is 16.5. The fraction of sp³-hybridized carbons (Fsp3) is 0.600. The summed E-state index contributed by atoms with van der Waals surface area (Å²) >= 11 is 0. The van der Waals surface area contributed by atoms with Crippen LogP contribution in [0, 0.1) is 5.92 Å². The molecule has 1 heteroatoms. The normalized spacial score (nSPS) is 34.4. The first-order valence-electron chi connectivity index (χ1n) is 6.64. The van der Waals surface area contributed by atoms with Gasteiger partial charge in [-0.2, -0.15) is 0 Å². The molecule has 86 valence electrons. The van der Waals surface area contributed by atoms with Gasteiger partial charge >= 0.3 is 0 Å². The van der Waals surface area contributed by atoms with Gasteiger partial charge in [0.2, 0.25) is 0 Å². The van der Waals surface area contributed by atoms with E-state index in [0.717, 1.165) is 5.92 Å². The van der Waals surface area contributed by atoms with Crippen molar-refractivity contribution < 1.29 is 4.74 Å². The Morgan fingerprint density at radius 1 is 0.875 bits per heavy atom. The lowest BCUT2D eigenvalue weighted by Crippen LogP contribution is -2.33. The third kappa shape index (κ3) is 2.01. The second-order valence-corrected chi connectivity index (χ2v) is 5.20. The van der Waals surface area contributed by atoms with Crippen LogP contribution in [0.5, 0.6) is 0 Å². The summed E-state index contributed by atoms with van der Waals surface area (Å²) in [4.78, 5) is 0. The molecule has 1 aromatic rings. The average Bonchev–Trinajstić information content (AvgIpc) is 2.39. The van der Waals surface area contributed by atoms with Gasteiger partial charge in [0.25, 0.3) is 0 Å². The predicted molar refractivity (Wildman–Crippen MR) is 65.2 cm³/mol. The Bertz CT molecular complexity index is 333. The Labute approximate surface area is 97.8 Å². The first-order chi connectivity index (χ1) is 7.93. The summed E-state index contributed by atoms with van der Waals surface area (Å²) in [6.45, 7) is 0. The van der Waals surface area contributed by atoms with Crippen molar-refractivity contribution >= 4 is 0 Å². The molecule has 1 aliphatic heterocycles. The van der Waals surface area contributed by atoms with E-state index >= 15 is 0 Å². The molecule has 2 aliphatic rings. The van der Waals surface area contributed by atoms with Gasteiger partial charge in [0.15, 0.2) is 0 Å². The second kappa shape index (κ2) is 4.58. The van der Waals surface area contributed by atoms with E-state index in [1.165, 1.54) is 44.1 Å². The number of fused-ring (bicyclic) bond motifs is 1. The molecule has 3 atom stereocenters. The smallest absolute Gasteiger partial charge is 0.0829 e. The van der Waals surface area contributed by atoms with Crippen molar-refractivity contribution in [2.24, 2.45) is 5.92 Å². The summed E-state index contributed by atoms with van der Waals surface area (Å²) in [7, 11) is 0. The molecule has 1 nitrogen and oxygen atoms in total. The molecule has 1 saturated carbocycles. The standard InChI is InChI=1S/C15H20O/c1-2-6-12(7-3-1)15-11-10-13-8-4-5-9-14(13)16-15/h1-3,6-7,13-15H,4-5,8-11H2. The van der Waals surface area contributed by atoms with E-state index in [2.05, 4.69) is 30.3 Å². The minimum atomic E-state index is 0.362. The molecule has 1 saturated heterocycles. The summed E-state index contributed by atoms with van der Waals surface area (Å²) in [5.74, 6) is 0.855. The van der Waals surface area contributed by atoms with Gasteiger partial charge in [-0.15, -0.1) is 0 Å². The summed E-state index contributed by atoms with van der Waals surface area (Å²) in [5, 5.41) is 0. The summed E-state index contributed by atoms with van der Waals surface area (Å²) in [6, 6.07) is 10.7. The van der Waals surface area contributed by atoms with Crippen LogP contribution >= 0.6 is 0 Å². The molecule has 3 unspecified atom stereocenters. The van der Waals surface area contributed by atoms with E-state index < -0.39 is 0 Å². The second-order valence-electron chi connectivity index (χ2n) is 5.20. The molecule has 3 rings (SSSR count). The summed E-state index contributed by atoms with van der Waals surface area (Å²) in [6.07, 6.45) is 8.95. The highest BCUT2D eigenvalue weighted by Crippen LogP contribution is 2.40. The molecule has 2 fully saturated rings. The van der Waals surface area contributed by atoms with Crippen molar-refractivity contribution in [3.63, 3.8) is 0 Å². The molecule has 1 heterocycles. The number of hydrogen-bond donors (Lipinski definition) is 0. The van der Waals surface area contributed by atoms with Crippen LogP contribution in [0.4, 0.5) is 0 Å². The van der Waals surface area contributed by atoms with Gasteiger partial charge in [0, 0.05) is 0 Å². The van der Waals surface area contributed by atoms with Gasteiger partial charge in [-0.1, -0.05) is 43.2 Å². The molecule has 0 amide bonds. The van der Waals surface area contributed by atoms with Gasteiger partial charge < -0.3 is 4.74 Å². The number of rotatable bonds is 1. The largest absolute Gasteiger partial charge is 0.370 e. The molecule has 0 N–H and O–H groups in total. The fourth-order valence-electron chi connectivity index (χ4n) is 3.24. The van der Waals surface area contributed by atoms with E-state index in [1.54, 1.807) is 0 Å². The van der Waals surface area contributed by atoms with Gasteiger partial charge in [0.1, 0.15) is 0 Å². The van der Waals surface area contributed by atoms with Crippen molar-refractivity contribution in [1.29, 1.82) is 0 Å². The van der Waals surface area contributed by atoms with Crippen LogP contribution in [0.2, 0.25) is 0 Å². The van der Waals surface area contributed by atoms with E-state index in [-0.39, 0.29) is 0 Å². The highest BCUT2D eigenvalue weighted by Gasteiger charge is 2.33. The number of benzene rings is 1. The molecule has 1 aliphatic carbocycles. The minimum absolute atomic E-state index is 0.362. The van der Waals surface area contributed by atoms with Gasteiger partial charge in [-0.25, -0.2) is 0 Å². The molecule has 0 spiro atoms. The zero-order chi connectivity index (χ0) is 10.8. The van der Waals surface area contributed by atoms with Crippen molar-refractivity contribution in [2.75, 3.05) is 0 Å². The molecule has 0 radical (unpaired) electrons. The third-order valence-electron chi connectivity index (χ3n) is 4.15. The van der Waals surface area contributed by atoms with Crippen LogP contribution in [0.15, 0.2) is 30.3 Å². The van der Waals surface area contributed by atoms with Gasteiger partial charge in [-0.3, -0.25) is 0 Å². The van der Waals surface area contributed by atoms with Crippen molar-refractivity contribution in [3.05, 3.63) is 35.9 Å². The zero-order valence-electron chi connectivity index (χ0n) is 9.77. The molecule has 0 aromatic heterocycles. The van der Waals surface area contributed by atoms with Crippen LogP contribution in [-0.2, 0) is 4.74 Å². The van der Waals surface area contributed by atoms with E-state index in [4.69, 9.17) is 4.74 Å². The quantitative estimate of drug-likeness (QED) is 0.687. The van der Waals surface area contributed by atoms with Gasteiger partial charge in [-0.05, 0) is 37.2 Å². The minimum Gasteiger partial charge on any atom is -0.370 e. The van der Waals surface area contributed by atoms with Crippen LogP contribution in [-0.4, -0.2) is 6.10 Å². The fourth-order valence-corrected chi connectivity index (χ4v) is 3.24.